The number of rotatable bonds is 12. The molecular weight excluding hydrogens is 244 g/mol. The highest BCUT2D eigenvalue weighted by Crippen LogP contribution is 1.99. The summed E-state index contributed by atoms with van der Waals surface area (Å²) in [5.74, 6) is 0.0372. The summed E-state index contributed by atoms with van der Waals surface area (Å²) in [5, 5.41) is 12.6. The number of nitrogens with zero attached hydrogens (tertiary/aromatic N) is 1. The zero-order valence-electron chi connectivity index (χ0n) is 12.7. The molecule has 0 aliphatic rings. The van der Waals surface area contributed by atoms with Gasteiger partial charge in [-0.1, -0.05) is 26.2 Å². The molecule has 0 aromatic carbocycles. The van der Waals surface area contributed by atoms with Crippen LogP contribution in [-0.4, -0.2) is 61.9 Å². The normalized spacial score (nSPS) is 12.4. The molecule has 0 aliphatic heterocycles. The van der Waals surface area contributed by atoms with Gasteiger partial charge in [0.05, 0.1) is 19.3 Å². The smallest absolute Gasteiger partial charge is 0.236 e. The highest BCUT2D eigenvalue weighted by atomic mass is 16.5. The lowest BCUT2D eigenvalue weighted by Gasteiger charge is -2.16. The van der Waals surface area contributed by atoms with Crippen LogP contribution in [0, 0.1) is 0 Å². The quantitative estimate of drug-likeness (QED) is 0.522. The van der Waals surface area contributed by atoms with Crippen molar-refractivity contribution in [1.29, 1.82) is 0 Å². The second kappa shape index (κ2) is 12.4. The molecule has 0 radical (unpaired) electrons. The van der Waals surface area contributed by atoms with Crippen molar-refractivity contribution in [2.75, 3.05) is 39.9 Å². The van der Waals surface area contributed by atoms with E-state index in [-0.39, 0.29) is 12.5 Å². The fourth-order valence-corrected chi connectivity index (χ4v) is 1.57. The minimum atomic E-state index is -0.550. The van der Waals surface area contributed by atoms with Crippen LogP contribution < -0.4 is 5.32 Å². The van der Waals surface area contributed by atoms with E-state index >= 15 is 0 Å². The Morgan fingerprint density at radius 1 is 1.32 bits per heavy atom. The van der Waals surface area contributed by atoms with Gasteiger partial charge in [0.25, 0.3) is 0 Å². The predicted octanol–water partition coefficient (Wildman–Crippen LogP) is 1.01. The van der Waals surface area contributed by atoms with Crippen molar-refractivity contribution < 1.29 is 14.6 Å². The molecule has 0 heterocycles. The summed E-state index contributed by atoms with van der Waals surface area (Å²) in [6.07, 6.45) is 4.13. The SMILES string of the molecule is CCCCCCOCC(O)CNCC(=O)N(C)CC. The van der Waals surface area contributed by atoms with Crippen molar-refractivity contribution in [1.82, 2.24) is 10.2 Å². The van der Waals surface area contributed by atoms with Crippen molar-refractivity contribution in [3.8, 4) is 0 Å². The van der Waals surface area contributed by atoms with E-state index in [1.165, 1.54) is 19.3 Å². The highest BCUT2D eigenvalue weighted by molar-refractivity contribution is 5.77. The van der Waals surface area contributed by atoms with Crippen LogP contribution >= 0.6 is 0 Å². The Morgan fingerprint density at radius 2 is 2.05 bits per heavy atom. The van der Waals surface area contributed by atoms with Crippen LogP contribution in [0.3, 0.4) is 0 Å². The maximum atomic E-state index is 11.5. The van der Waals surface area contributed by atoms with Gasteiger partial charge in [-0.25, -0.2) is 0 Å². The van der Waals surface area contributed by atoms with Crippen LogP contribution in [0.4, 0.5) is 0 Å². The van der Waals surface area contributed by atoms with Gasteiger partial charge in [-0.3, -0.25) is 4.79 Å². The fourth-order valence-electron chi connectivity index (χ4n) is 1.57. The van der Waals surface area contributed by atoms with E-state index in [1.54, 1.807) is 11.9 Å². The highest BCUT2D eigenvalue weighted by Gasteiger charge is 2.08. The Balaban J connectivity index is 3.39. The molecule has 0 spiro atoms. The molecule has 0 fully saturated rings. The second-order valence-corrected chi connectivity index (χ2v) is 4.83. The van der Waals surface area contributed by atoms with E-state index in [9.17, 15) is 9.90 Å². The van der Waals surface area contributed by atoms with Crippen LogP contribution in [0.2, 0.25) is 0 Å². The molecule has 114 valence electrons. The molecule has 0 rings (SSSR count). The topological polar surface area (TPSA) is 61.8 Å². The number of hydrogen-bond donors (Lipinski definition) is 2. The molecule has 1 amide bonds. The zero-order chi connectivity index (χ0) is 14.5. The summed E-state index contributed by atoms with van der Waals surface area (Å²) in [6.45, 7) is 6.48. The summed E-state index contributed by atoms with van der Waals surface area (Å²) in [5.41, 5.74) is 0. The Kier molecular flexibility index (Phi) is 12.0. The maximum Gasteiger partial charge on any atom is 0.236 e. The standard InChI is InChI=1S/C14H30N2O3/c1-4-6-7-8-9-19-12-13(17)10-15-11-14(18)16(3)5-2/h13,15,17H,4-12H2,1-3H3. The molecule has 1 unspecified atom stereocenters. The Bertz CT molecular complexity index is 225. The van der Waals surface area contributed by atoms with Crippen molar-refractivity contribution >= 4 is 5.91 Å². The van der Waals surface area contributed by atoms with Crippen molar-refractivity contribution in [2.24, 2.45) is 0 Å². The van der Waals surface area contributed by atoms with Gasteiger partial charge in [-0.2, -0.15) is 0 Å². The summed E-state index contributed by atoms with van der Waals surface area (Å²) in [7, 11) is 1.76. The van der Waals surface area contributed by atoms with E-state index in [0.717, 1.165) is 6.42 Å². The van der Waals surface area contributed by atoms with E-state index < -0.39 is 6.10 Å². The minimum Gasteiger partial charge on any atom is -0.389 e. The van der Waals surface area contributed by atoms with E-state index in [4.69, 9.17) is 4.74 Å². The zero-order valence-corrected chi connectivity index (χ0v) is 12.7. The fraction of sp³-hybridized carbons (Fsp3) is 0.929. The molecule has 0 aliphatic carbocycles. The number of nitrogens with one attached hydrogen (secondary N) is 1. The Labute approximate surface area is 117 Å². The van der Waals surface area contributed by atoms with Crippen LogP contribution in [-0.2, 0) is 9.53 Å². The average Bonchev–Trinajstić information content (AvgIpc) is 2.41. The van der Waals surface area contributed by atoms with Crippen LogP contribution in [0.15, 0.2) is 0 Å². The van der Waals surface area contributed by atoms with Crippen molar-refractivity contribution in [3.05, 3.63) is 0 Å². The Hall–Kier alpha value is -0.650. The molecule has 0 aromatic rings. The first-order valence-electron chi connectivity index (χ1n) is 7.32. The maximum absolute atomic E-state index is 11.5. The van der Waals surface area contributed by atoms with Gasteiger partial charge in [0, 0.05) is 26.7 Å². The molecule has 0 saturated heterocycles. The molecule has 2 N–H and O–H groups in total. The molecule has 19 heavy (non-hydrogen) atoms. The molecule has 0 bridgehead atoms. The third kappa shape index (κ3) is 10.9. The summed E-state index contributed by atoms with van der Waals surface area (Å²) in [4.78, 5) is 13.1. The van der Waals surface area contributed by atoms with Gasteiger partial charge in [0.1, 0.15) is 0 Å². The number of likely N-dealkylation sites (N-methyl/N-ethyl adjacent to an activating group) is 1. The van der Waals surface area contributed by atoms with Gasteiger partial charge in [0.15, 0.2) is 0 Å². The number of amides is 1. The molecule has 0 aromatic heterocycles. The molecule has 5 nitrogen and oxygen atoms in total. The van der Waals surface area contributed by atoms with E-state index in [2.05, 4.69) is 12.2 Å². The number of aliphatic hydroxyl groups excluding tert-OH is 1. The number of hydrogen-bond acceptors (Lipinski definition) is 4. The summed E-state index contributed by atoms with van der Waals surface area (Å²) in [6, 6.07) is 0. The number of aliphatic hydroxyl groups is 1. The number of carbonyl (C=O) groups is 1. The predicted molar refractivity (Wildman–Crippen MR) is 77.1 cm³/mol. The average molecular weight is 274 g/mol. The van der Waals surface area contributed by atoms with Crippen molar-refractivity contribution in [3.63, 3.8) is 0 Å². The lowest BCUT2D eigenvalue weighted by atomic mass is 10.2. The first kappa shape index (κ1) is 18.4. The number of unbranched alkanes of at least 4 members (excludes halogenated alkanes) is 3. The lowest BCUT2D eigenvalue weighted by molar-refractivity contribution is -0.128. The molecular formula is C14H30N2O3. The largest absolute Gasteiger partial charge is 0.389 e. The summed E-state index contributed by atoms with van der Waals surface area (Å²) >= 11 is 0. The van der Waals surface area contributed by atoms with E-state index in [1.807, 2.05) is 6.92 Å². The van der Waals surface area contributed by atoms with Gasteiger partial charge in [-0.05, 0) is 13.3 Å². The van der Waals surface area contributed by atoms with Crippen LogP contribution in [0.1, 0.15) is 39.5 Å². The monoisotopic (exact) mass is 274 g/mol. The van der Waals surface area contributed by atoms with E-state index in [0.29, 0.717) is 26.3 Å². The minimum absolute atomic E-state index is 0.0372. The molecule has 1 atom stereocenters. The summed E-state index contributed by atoms with van der Waals surface area (Å²) < 4.78 is 5.38. The van der Waals surface area contributed by atoms with Gasteiger partial charge >= 0.3 is 0 Å². The van der Waals surface area contributed by atoms with Gasteiger partial charge in [-0.15, -0.1) is 0 Å². The van der Waals surface area contributed by atoms with Crippen LogP contribution in [0.25, 0.3) is 0 Å². The molecule has 0 saturated carbocycles. The number of ether oxygens (including phenoxy) is 1. The van der Waals surface area contributed by atoms with Crippen molar-refractivity contribution in [2.45, 2.75) is 45.6 Å². The van der Waals surface area contributed by atoms with Gasteiger partial charge < -0.3 is 20.1 Å². The third-order valence-corrected chi connectivity index (χ3v) is 3.01. The van der Waals surface area contributed by atoms with Gasteiger partial charge in [0.2, 0.25) is 5.91 Å². The second-order valence-electron chi connectivity index (χ2n) is 4.83. The lowest BCUT2D eigenvalue weighted by Crippen LogP contribution is -2.39. The molecule has 5 heteroatoms. The Morgan fingerprint density at radius 3 is 2.68 bits per heavy atom. The number of carbonyl (C=O) groups excluding carboxylic acids is 1. The third-order valence-electron chi connectivity index (χ3n) is 3.01. The first-order chi connectivity index (χ1) is 9.11. The van der Waals surface area contributed by atoms with Crippen LogP contribution in [0.5, 0.6) is 0 Å². The first-order valence-corrected chi connectivity index (χ1v) is 7.32.